The minimum Gasteiger partial charge on any atom is -0.369 e. The van der Waals surface area contributed by atoms with E-state index in [1.54, 1.807) is 6.92 Å². The third-order valence-corrected chi connectivity index (χ3v) is 9.99. The molecule has 6 rings (SSSR count). The quantitative estimate of drug-likeness (QED) is 0.599. The molecule has 0 heterocycles. The summed E-state index contributed by atoms with van der Waals surface area (Å²) in [6.45, 7) is 1.69. The Labute approximate surface area is 187 Å². The molecule has 0 radical (unpaired) electrons. The molecule has 5 saturated carbocycles. The molecule has 2 amide bonds. The summed E-state index contributed by atoms with van der Waals surface area (Å²) in [7, 11) is -4.21. The third kappa shape index (κ3) is 3.36. The average molecular weight is 464 g/mol. The van der Waals surface area contributed by atoms with Gasteiger partial charge in [0.25, 0.3) is 0 Å². The van der Waals surface area contributed by atoms with Gasteiger partial charge in [-0.1, -0.05) is 6.07 Å². The Hall–Kier alpha value is -2.00. The highest BCUT2D eigenvalue weighted by atomic mass is 32.2. The van der Waals surface area contributed by atoms with Crippen LogP contribution in [0.1, 0.15) is 56.9 Å². The molecule has 5 aliphatic carbocycles. The molecule has 5 aliphatic rings. The monoisotopic (exact) mass is 463 g/mol. The number of nitrogens with two attached hydrogens (primary N) is 1. The number of primary amides is 1. The van der Waals surface area contributed by atoms with Crippen LogP contribution in [0.4, 0.5) is 4.39 Å². The predicted molar refractivity (Wildman–Crippen MR) is 115 cm³/mol. The SMILES string of the molecule is Cc1ccc(F)c(S(=O)(=O)NC2(C(=O)NC3C4CC5CC3CC(C(N)=O)(C5)C4)CCC2)c1. The van der Waals surface area contributed by atoms with E-state index >= 15 is 0 Å². The molecule has 4 N–H and O–H groups in total. The summed E-state index contributed by atoms with van der Waals surface area (Å²) in [5.41, 5.74) is 4.67. The maximum absolute atomic E-state index is 14.3. The molecule has 9 heteroatoms. The van der Waals surface area contributed by atoms with E-state index in [0.717, 1.165) is 31.7 Å². The lowest BCUT2D eigenvalue weighted by molar-refractivity contribution is -0.149. The summed E-state index contributed by atoms with van der Waals surface area (Å²) in [6.07, 6.45) is 5.62. The number of hydrogen-bond acceptors (Lipinski definition) is 4. The Morgan fingerprint density at radius 3 is 2.34 bits per heavy atom. The summed E-state index contributed by atoms with van der Waals surface area (Å²) < 4.78 is 42.8. The zero-order valence-electron chi connectivity index (χ0n) is 18.2. The molecule has 0 aliphatic heterocycles. The second-order valence-electron chi connectivity index (χ2n) is 10.6. The molecule has 4 bridgehead atoms. The van der Waals surface area contributed by atoms with Gasteiger partial charge >= 0.3 is 0 Å². The van der Waals surface area contributed by atoms with Gasteiger partial charge in [-0.05, 0) is 93.7 Å². The summed E-state index contributed by atoms with van der Waals surface area (Å²) in [5.74, 6) is -0.582. The van der Waals surface area contributed by atoms with E-state index in [0.29, 0.717) is 37.2 Å². The van der Waals surface area contributed by atoms with Crippen LogP contribution in [-0.2, 0) is 19.6 Å². The Kier molecular flexibility index (Phi) is 4.94. The molecular formula is C23H30FN3O4S. The third-order valence-electron chi connectivity index (χ3n) is 8.44. The Morgan fingerprint density at radius 2 is 1.78 bits per heavy atom. The molecule has 174 valence electrons. The van der Waals surface area contributed by atoms with E-state index < -0.39 is 31.7 Å². The lowest BCUT2D eigenvalue weighted by Crippen LogP contribution is -2.68. The molecule has 2 atom stereocenters. The fraction of sp³-hybridized carbons (Fsp3) is 0.652. The van der Waals surface area contributed by atoms with Crippen LogP contribution >= 0.6 is 0 Å². The zero-order valence-corrected chi connectivity index (χ0v) is 19.0. The van der Waals surface area contributed by atoms with Gasteiger partial charge in [0.1, 0.15) is 16.3 Å². The van der Waals surface area contributed by atoms with E-state index in [9.17, 15) is 22.4 Å². The van der Waals surface area contributed by atoms with E-state index in [1.165, 1.54) is 12.1 Å². The highest BCUT2D eigenvalue weighted by molar-refractivity contribution is 7.89. The molecular weight excluding hydrogens is 433 g/mol. The molecule has 1 aromatic rings. The van der Waals surface area contributed by atoms with Crippen molar-refractivity contribution in [1.29, 1.82) is 0 Å². The van der Waals surface area contributed by atoms with Crippen LogP contribution in [0.5, 0.6) is 0 Å². The van der Waals surface area contributed by atoms with E-state index in [1.807, 2.05) is 0 Å². The van der Waals surface area contributed by atoms with Gasteiger partial charge in [0, 0.05) is 11.5 Å². The van der Waals surface area contributed by atoms with Crippen LogP contribution in [0.15, 0.2) is 23.1 Å². The first-order valence-electron chi connectivity index (χ1n) is 11.4. The minimum atomic E-state index is -4.21. The van der Waals surface area contributed by atoms with Crippen molar-refractivity contribution in [3.63, 3.8) is 0 Å². The van der Waals surface area contributed by atoms with Gasteiger partial charge in [0.05, 0.1) is 0 Å². The summed E-state index contributed by atoms with van der Waals surface area (Å²) >= 11 is 0. The normalized spacial score (nSPS) is 34.7. The number of sulfonamides is 1. The first kappa shape index (κ1) is 21.8. The summed E-state index contributed by atoms with van der Waals surface area (Å²) in [4.78, 5) is 25.1. The smallest absolute Gasteiger partial charge is 0.244 e. The Bertz CT molecular complexity index is 1070. The van der Waals surface area contributed by atoms with Crippen LogP contribution in [0.2, 0.25) is 0 Å². The van der Waals surface area contributed by atoms with E-state index in [4.69, 9.17) is 5.73 Å². The minimum absolute atomic E-state index is 0.0794. The zero-order chi connectivity index (χ0) is 22.9. The predicted octanol–water partition coefficient (Wildman–Crippen LogP) is 2.13. The van der Waals surface area contributed by atoms with Gasteiger partial charge in [-0.25, -0.2) is 12.8 Å². The fourth-order valence-electron chi connectivity index (χ4n) is 6.89. The number of rotatable bonds is 6. The first-order chi connectivity index (χ1) is 15.0. The molecule has 2 unspecified atom stereocenters. The van der Waals surface area contributed by atoms with Crippen LogP contribution < -0.4 is 15.8 Å². The lowest BCUT2D eigenvalue weighted by atomic mass is 9.47. The van der Waals surface area contributed by atoms with Crippen molar-refractivity contribution in [2.45, 2.75) is 74.8 Å². The fourth-order valence-corrected chi connectivity index (χ4v) is 8.47. The number of carbonyl (C=O) groups excluding carboxylic acids is 2. The second-order valence-corrected chi connectivity index (χ2v) is 12.2. The molecule has 0 spiro atoms. The summed E-state index contributed by atoms with van der Waals surface area (Å²) in [6, 6.07) is 3.83. The molecule has 7 nitrogen and oxygen atoms in total. The van der Waals surface area contributed by atoms with Gasteiger partial charge in [0.2, 0.25) is 21.8 Å². The van der Waals surface area contributed by atoms with Crippen LogP contribution in [0, 0.1) is 35.9 Å². The van der Waals surface area contributed by atoms with Crippen molar-refractivity contribution in [2.24, 2.45) is 28.9 Å². The maximum Gasteiger partial charge on any atom is 0.244 e. The van der Waals surface area contributed by atoms with Crippen molar-refractivity contribution < 1.29 is 22.4 Å². The van der Waals surface area contributed by atoms with Crippen molar-refractivity contribution in [2.75, 3.05) is 0 Å². The van der Waals surface area contributed by atoms with Crippen molar-refractivity contribution in [3.05, 3.63) is 29.6 Å². The highest BCUT2D eigenvalue weighted by Gasteiger charge is 2.59. The molecule has 32 heavy (non-hydrogen) atoms. The van der Waals surface area contributed by atoms with Crippen molar-refractivity contribution in [3.8, 4) is 0 Å². The molecule has 5 fully saturated rings. The number of aryl methyl sites for hydroxylation is 1. The second kappa shape index (κ2) is 7.25. The Balaban J connectivity index is 1.35. The van der Waals surface area contributed by atoms with Crippen LogP contribution in [0.25, 0.3) is 0 Å². The summed E-state index contributed by atoms with van der Waals surface area (Å²) in [5, 5.41) is 3.15. The number of nitrogens with one attached hydrogen (secondary N) is 2. The van der Waals surface area contributed by atoms with Crippen molar-refractivity contribution in [1.82, 2.24) is 10.0 Å². The number of benzene rings is 1. The van der Waals surface area contributed by atoms with Gasteiger partial charge in [-0.15, -0.1) is 0 Å². The largest absolute Gasteiger partial charge is 0.369 e. The van der Waals surface area contributed by atoms with Gasteiger partial charge in [0.15, 0.2) is 0 Å². The molecule has 0 aromatic heterocycles. The highest BCUT2D eigenvalue weighted by Crippen LogP contribution is 2.60. The molecule has 0 saturated heterocycles. The van der Waals surface area contributed by atoms with Gasteiger partial charge in [-0.2, -0.15) is 4.72 Å². The van der Waals surface area contributed by atoms with E-state index in [2.05, 4.69) is 10.0 Å². The maximum atomic E-state index is 14.3. The standard InChI is InChI=1S/C23H30FN3O4S/c1-13-3-4-17(24)18(7-13)32(30,31)27-23(5-2-6-23)21(29)26-19-15-8-14-9-16(19)12-22(10-14,11-15)20(25)28/h3-4,7,14-16,19,27H,2,5-6,8-12H2,1H3,(H2,25,28)(H,26,29). The number of halogens is 1. The first-order valence-corrected chi connectivity index (χ1v) is 12.9. The van der Waals surface area contributed by atoms with Crippen molar-refractivity contribution >= 4 is 21.8 Å². The number of hydrogen-bond donors (Lipinski definition) is 3. The average Bonchev–Trinajstić information content (AvgIpc) is 2.68. The lowest BCUT2D eigenvalue weighted by Gasteiger charge is -2.59. The topological polar surface area (TPSA) is 118 Å². The Morgan fingerprint density at radius 1 is 1.12 bits per heavy atom. The number of amides is 2. The van der Waals surface area contributed by atoms with Crippen LogP contribution in [0.3, 0.4) is 0 Å². The van der Waals surface area contributed by atoms with E-state index in [-0.39, 0.29) is 29.7 Å². The van der Waals surface area contributed by atoms with Gasteiger partial charge < -0.3 is 11.1 Å². The van der Waals surface area contributed by atoms with Crippen LogP contribution in [-0.4, -0.2) is 31.8 Å². The molecule has 1 aromatic carbocycles. The number of carbonyl (C=O) groups is 2. The van der Waals surface area contributed by atoms with Gasteiger partial charge in [-0.3, -0.25) is 9.59 Å².